The molecule has 0 aliphatic carbocycles. The van der Waals surface area contributed by atoms with E-state index in [4.69, 9.17) is 22.7 Å². The molecule has 0 spiro atoms. The largest absolute Gasteiger partial charge is 0.303 e. The fourth-order valence-corrected chi connectivity index (χ4v) is 1.82. The van der Waals surface area contributed by atoms with Crippen molar-refractivity contribution in [1.29, 1.82) is 10.5 Å². The molecule has 0 radical (unpaired) electrons. The van der Waals surface area contributed by atoms with Crippen molar-refractivity contribution in [2.24, 2.45) is 0 Å². The number of rotatable bonds is 8. The van der Waals surface area contributed by atoms with Crippen LogP contribution in [0.25, 0.3) is 0 Å². The van der Waals surface area contributed by atoms with Gasteiger partial charge in [0.05, 0.1) is 18.8 Å². The van der Waals surface area contributed by atoms with Crippen molar-refractivity contribution in [3.63, 3.8) is 0 Å². The van der Waals surface area contributed by atoms with Gasteiger partial charge in [-0.05, 0) is 12.2 Å². The lowest BCUT2D eigenvalue weighted by Crippen LogP contribution is -2.29. The van der Waals surface area contributed by atoms with Gasteiger partial charge in [-0.2, -0.15) is 15.6 Å². The Morgan fingerprint density at radius 3 is 2.53 bits per heavy atom. The molecule has 7 heteroatoms. The molecule has 0 saturated heterocycles. The lowest BCUT2D eigenvalue weighted by Gasteiger charge is -2.19. The maximum atomic E-state index is 8.64. The molecule has 0 fully saturated rings. The minimum absolute atomic E-state index is 0.423. The summed E-state index contributed by atoms with van der Waals surface area (Å²) >= 11 is 5.29. The average molecular weight is 276 g/mol. The molecule has 0 aliphatic heterocycles. The molecule has 1 heterocycles. The molecule has 0 aliphatic rings. The van der Waals surface area contributed by atoms with Gasteiger partial charge in [-0.3, -0.25) is 4.90 Å². The lowest BCUT2D eigenvalue weighted by molar-refractivity contribution is 0.214. The zero-order valence-electron chi connectivity index (χ0n) is 10.7. The maximum absolute atomic E-state index is 8.64. The standard InChI is InChI=1S/C12H16N6S/c1-2-7-17-10-15-18(12(17)19)11-16(8-3-5-13)9-4-6-14/h2,10H,1,3-4,7-9,11H2. The molecule has 0 aromatic carbocycles. The van der Waals surface area contributed by atoms with Gasteiger partial charge < -0.3 is 4.57 Å². The Morgan fingerprint density at radius 2 is 2.00 bits per heavy atom. The van der Waals surface area contributed by atoms with E-state index in [1.54, 1.807) is 17.1 Å². The van der Waals surface area contributed by atoms with Crippen LogP contribution < -0.4 is 0 Å². The minimum atomic E-state index is 0.423. The summed E-state index contributed by atoms with van der Waals surface area (Å²) in [6.45, 7) is 5.99. The summed E-state index contributed by atoms with van der Waals surface area (Å²) in [6.07, 6.45) is 4.26. The predicted octanol–water partition coefficient (Wildman–Crippen LogP) is 1.69. The third kappa shape index (κ3) is 4.66. The maximum Gasteiger partial charge on any atom is 0.199 e. The van der Waals surface area contributed by atoms with Crippen LogP contribution in [-0.4, -0.2) is 32.3 Å². The summed E-state index contributed by atoms with van der Waals surface area (Å²) in [5.74, 6) is 0. The summed E-state index contributed by atoms with van der Waals surface area (Å²) < 4.78 is 4.11. The highest BCUT2D eigenvalue weighted by Gasteiger charge is 2.08. The molecule has 0 bridgehead atoms. The van der Waals surface area contributed by atoms with E-state index < -0.39 is 0 Å². The molecule has 1 aromatic heterocycles. The van der Waals surface area contributed by atoms with E-state index >= 15 is 0 Å². The Balaban J connectivity index is 2.72. The summed E-state index contributed by atoms with van der Waals surface area (Å²) in [4.78, 5) is 1.99. The van der Waals surface area contributed by atoms with Crippen molar-refractivity contribution in [2.75, 3.05) is 13.1 Å². The second-order valence-electron chi connectivity index (χ2n) is 3.93. The quantitative estimate of drug-likeness (QED) is 0.533. The van der Waals surface area contributed by atoms with Crippen LogP contribution in [-0.2, 0) is 13.2 Å². The van der Waals surface area contributed by atoms with Crippen molar-refractivity contribution < 1.29 is 0 Å². The van der Waals surface area contributed by atoms with E-state index in [1.807, 2.05) is 9.47 Å². The molecule has 0 atom stereocenters. The van der Waals surface area contributed by atoms with Crippen molar-refractivity contribution >= 4 is 12.2 Å². The van der Waals surface area contributed by atoms with Crippen molar-refractivity contribution in [2.45, 2.75) is 26.1 Å². The molecule has 0 amide bonds. The van der Waals surface area contributed by atoms with Crippen LogP contribution in [0, 0.1) is 27.4 Å². The molecule has 0 N–H and O–H groups in total. The third-order valence-corrected chi connectivity index (χ3v) is 2.98. The number of nitriles is 2. The van der Waals surface area contributed by atoms with Crippen LogP contribution in [0.2, 0.25) is 0 Å². The first-order valence-corrected chi connectivity index (χ1v) is 6.33. The predicted molar refractivity (Wildman–Crippen MR) is 73.3 cm³/mol. The molecular formula is C12H16N6S. The van der Waals surface area contributed by atoms with Gasteiger partial charge in [0.1, 0.15) is 6.33 Å². The highest BCUT2D eigenvalue weighted by atomic mass is 32.1. The van der Waals surface area contributed by atoms with Crippen LogP contribution in [0.4, 0.5) is 0 Å². The van der Waals surface area contributed by atoms with Gasteiger partial charge in [0.25, 0.3) is 0 Å². The zero-order valence-corrected chi connectivity index (χ0v) is 11.5. The van der Waals surface area contributed by atoms with Gasteiger partial charge >= 0.3 is 0 Å². The molecular weight excluding hydrogens is 260 g/mol. The van der Waals surface area contributed by atoms with Crippen molar-refractivity contribution in [3.8, 4) is 12.1 Å². The Labute approximate surface area is 117 Å². The van der Waals surface area contributed by atoms with E-state index in [-0.39, 0.29) is 0 Å². The van der Waals surface area contributed by atoms with E-state index in [0.717, 1.165) is 0 Å². The molecule has 0 unspecified atom stereocenters. The Bertz CT molecular complexity index is 526. The fraction of sp³-hybridized carbons (Fsp3) is 0.500. The Hall–Kier alpha value is -1.96. The lowest BCUT2D eigenvalue weighted by atomic mass is 10.3. The fourth-order valence-electron chi connectivity index (χ4n) is 1.59. The van der Waals surface area contributed by atoms with Gasteiger partial charge in [-0.1, -0.05) is 6.08 Å². The van der Waals surface area contributed by atoms with E-state index in [1.165, 1.54) is 0 Å². The topological polar surface area (TPSA) is 73.6 Å². The van der Waals surface area contributed by atoms with Crippen LogP contribution in [0.5, 0.6) is 0 Å². The van der Waals surface area contributed by atoms with Gasteiger partial charge in [-0.15, -0.1) is 6.58 Å². The highest BCUT2D eigenvalue weighted by Crippen LogP contribution is 2.00. The molecule has 19 heavy (non-hydrogen) atoms. The van der Waals surface area contributed by atoms with Crippen LogP contribution in [0.1, 0.15) is 12.8 Å². The number of hydrogen-bond acceptors (Lipinski definition) is 5. The number of aromatic nitrogens is 3. The molecule has 1 aromatic rings. The van der Waals surface area contributed by atoms with Gasteiger partial charge in [0.15, 0.2) is 4.77 Å². The summed E-state index contributed by atoms with van der Waals surface area (Å²) in [7, 11) is 0. The summed E-state index contributed by atoms with van der Waals surface area (Å²) in [5, 5.41) is 21.5. The van der Waals surface area contributed by atoms with Crippen molar-refractivity contribution in [1.82, 2.24) is 19.2 Å². The van der Waals surface area contributed by atoms with Crippen LogP contribution in [0.15, 0.2) is 19.0 Å². The SMILES string of the molecule is C=CCn1cnn(CN(CCC#N)CCC#N)c1=S. The number of allylic oxidation sites excluding steroid dienone is 1. The summed E-state index contributed by atoms with van der Waals surface area (Å²) in [5.41, 5.74) is 0. The smallest absolute Gasteiger partial charge is 0.199 e. The number of nitrogens with zero attached hydrogens (tertiary/aromatic N) is 6. The molecule has 6 nitrogen and oxygen atoms in total. The normalized spacial score (nSPS) is 10.1. The van der Waals surface area contributed by atoms with Gasteiger partial charge in [0.2, 0.25) is 0 Å². The first kappa shape index (κ1) is 15.1. The molecule has 0 saturated carbocycles. The average Bonchev–Trinajstić information content (AvgIpc) is 2.75. The van der Waals surface area contributed by atoms with Gasteiger partial charge in [0, 0.05) is 32.5 Å². The second kappa shape index (κ2) is 8.20. The monoisotopic (exact) mass is 276 g/mol. The Kier molecular flexibility index (Phi) is 6.51. The minimum Gasteiger partial charge on any atom is -0.303 e. The first-order valence-electron chi connectivity index (χ1n) is 5.92. The van der Waals surface area contributed by atoms with Crippen LogP contribution in [0.3, 0.4) is 0 Å². The van der Waals surface area contributed by atoms with Crippen molar-refractivity contribution in [3.05, 3.63) is 23.8 Å². The zero-order chi connectivity index (χ0) is 14.1. The molecule has 1 rings (SSSR count). The van der Waals surface area contributed by atoms with E-state index in [0.29, 0.717) is 43.9 Å². The Morgan fingerprint density at radius 1 is 1.37 bits per heavy atom. The van der Waals surface area contributed by atoms with Crippen LogP contribution >= 0.6 is 12.2 Å². The second-order valence-corrected chi connectivity index (χ2v) is 4.29. The van der Waals surface area contributed by atoms with E-state index in [2.05, 4.69) is 23.8 Å². The third-order valence-electron chi connectivity index (χ3n) is 2.54. The van der Waals surface area contributed by atoms with E-state index in [9.17, 15) is 0 Å². The molecule has 100 valence electrons. The van der Waals surface area contributed by atoms with Gasteiger partial charge in [-0.25, -0.2) is 4.68 Å². The first-order chi connectivity index (χ1) is 9.22. The highest BCUT2D eigenvalue weighted by molar-refractivity contribution is 7.71. The summed E-state index contributed by atoms with van der Waals surface area (Å²) in [6, 6.07) is 4.20. The number of hydrogen-bond donors (Lipinski definition) is 0.